The minimum absolute atomic E-state index is 0.321. The Balaban J connectivity index is 2.23. The number of aromatic nitrogens is 2. The number of hydrogen-bond acceptors (Lipinski definition) is 2. The number of hydrogen-bond donors (Lipinski definition) is 2. The van der Waals surface area contributed by atoms with E-state index in [1.54, 1.807) is 6.07 Å². The Labute approximate surface area is 130 Å². The van der Waals surface area contributed by atoms with Crippen molar-refractivity contribution in [2.24, 2.45) is 0 Å². The minimum Gasteiger partial charge on any atom is -0.398 e. The molecular formula is C13H8BrFIN3. The average molecular weight is 432 g/mol. The second kappa shape index (κ2) is 4.75. The molecule has 3 rings (SSSR count). The van der Waals surface area contributed by atoms with Gasteiger partial charge in [-0.25, -0.2) is 9.37 Å². The summed E-state index contributed by atoms with van der Waals surface area (Å²) < 4.78 is 14.9. The van der Waals surface area contributed by atoms with Gasteiger partial charge in [-0.15, -0.1) is 0 Å². The number of rotatable bonds is 1. The van der Waals surface area contributed by atoms with Crippen molar-refractivity contribution < 1.29 is 4.39 Å². The third-order valence-corrected chi connectivity index (χ3v) is 4.07. The first-order chi connectivity index (χ1) is 9.04. The second-order valence-electron chi connectivity index (χ2n) is 4.10. The van der Waals surface area contributed by atoms with Gasteiger partial charge in [0.2, 0.25) is 0 Å². The van der Waals surface area contributed by atoms with Crippen molar-refractivity contribution in [1.82, 2.24) is 9.97 Å². The van der Waals surface area contributed by atoms with Crippen LogP contribution in [0.3, 0.4) is 0 Å². The highest BCUT2D eigenvalue weighted by molar-refractivity contribution is 14.1. The van der Waals surface area contributed by atoms with Gasteiger partial charge in [-0.2, -0.15) is 0 Å². The Morgan fingerprint density at radius 1 is 1.26 bits per heavy atom. The Morgan fingerprint density at radius 2 is 2.05 bits per heavy atom. The molecule has 0 unspecified atom stereocenters. The first-order valence-corrected chi connectivity index (χ1v) is 7.32. The van der Waals surface area contributed by atoms with Gasteiger partial charge in [0, 0.05) is 20.9 Å². The van der Waals surface area contributed by atoms with Crippen molar-refractivity contribution in [2.45, 2.75) is 0 Å². The highest BCUT2D eigenvalue weighted by Crippen LogP contribution is 2.29. The van der Waals surface area contributed by atoms with E-state index in [9.17, 15) is 4.39 Å². The maximum Gasteiger partial charge on any atom is 0.140 e. The van der Waals surface area contributed by atoms with Crippen molar-refractivity contribution in [3.05, 3.63) is 44.2 Å². The quantitative estimate of drug-likeness (QED) is 0.445. The zero-order valence-corrected chi connectivity index (χ0v) is 13.3. The molecule has 1 heterocycles. The summed E-state index contributed by atoms with van der Waals surface area (Å²) in [5, 5.41) is 0. The summed E-state index contributed by atoms with van der Waals surface area (Å²) in [6, 6.07) is 8.77. The van der Waals surface area contributed by atoms with E-state index in [0.29, 0.717) is 27.0 Å². The number of nitrogens with one attached hydrogen (secondary N) is 1. The van der Waals surface area contributed by atoms with Crippen LogP contribution in [-0.4, -0.2) is 9.97 Å². The maximum atomic E-state index is 13.5. The molecule has 96 valence electrons. The summed E-state index contributed by atoms with van der Waals surface area (Å²) in [6.07, 6.45) is 0. The second-order valence-corrected chi connectivity index (χ2v) is 6.20. The summed E-state index contributed by atoms with van der Waals surface area (Å²) in [5.41, 5.74) is 8.76. The van der Waals surface area contributed by atoms with E-state index in [0.717, 1.165) is 9.13 Å². The van der Waals surface area contributed by atoms with Crippen molar-refractivity contribution in [2.75, 3.05) is 5.73 Å². The molecule has 2 aromatic carbocycles. The molecule has 0 aliphatic heterocycles. The third kappa shape index (κ3) is 2.34. The number of benzene rings is 2. The monoisotopic (exact) mass is 431 g/mol. The molecule has 0 aliphatic rings. The Hall–Kier alpha value is -1.15. The molecule has 3 nitrogen and oxygen atoms in total. The predicted octanol–water partition coefficient (Wildman–Crippen LogP) is 4.32. The molecule has 1 aromatic heterocycles. The first kappa shape index (κ1) is 12.9. The summed E-state index contributed by atoms with van der Waals surface area (Å²) in [7, 11) is 0. The van der Waals surface area contributed by atoms with Crippen LogP contribution >= 0.6 is 38.5 Å². The molecule has 0 radical (unpaired) electrons. The van der Waals surface area contributed by atoms with Gasteiger partial charge in [-0.05, 0) is 62.8 Å². The molecule has 0 saturated carbocycles. The van der Waals surface area contributed by atoms with Gasteiger partial charge in [-0.3, -0.25) is 0 Å². The van der Waals surface area contributed by atoms with Crippen LogP contribution in [0.2, 0.25) is 0 Å². The summed E-state index contributed by atoms with van der Waals surface area (Å²) in [4.78, 5) is 7.54. The van der Waals surface area contributed by atoms with Crippen LogP contribution < -0.4 is 5.73 Å². The number of nitrogen functional groups attached to an aromatic ring is 1. The van der Waals surface area contributed by atoms with Crippen LogP contribution in [0.4, 0.5) is 10.1 Å². The van der Waals surface area contributed by atoms with E-state index in [-0.39, 0.29) is 5.82 Å². The molecule has 3 N–H and O–H groups in total. The highest BCUT2D eigenvalue weighted by Gasteiger charge is 2.11. The van der Waals surface area contributed by atoms with Crippen LogP contribution in [0.15, 0.2) is 34.8 Å². The fraction of sp³-hybridized carbons (Fsp3) is 0. The Kier molecular flexibility index (Phi) is 3.22. The number of fused-ring (bicyclic) bond motifs is 1. The van der Waals surface area contributed by atoms with Gasteiger partial charge < -0.3 is 10.7 Å². The molecule has 0 saturated heterocycles. The molecule has 0 spiro atoms. The topological polar surface area (TPSA) is 54.7 Å². The molecule has 0 atom stereocenters. The number of anilines is 1. The van der Waals surface area contributed by atoms with E-state index in [1.165, 1.54) is 6.07 Å². The lowest BCUT2D eigenvalue weighted by Crippen LogP contribution is -1.91. The van der Waals surface area contributed by atoms with Crippen LogP contribution in [0.5, 0.6) is 0 Å². The van der Waals surface area contributed by atoms with Gasteiger partial charge in [0.15, 0.2) is 0 Å². The van der Waals surface area contributed by atoms with Crippen LogP contribution in [0, 0.1) is 9.39 Å². The van der Waals surface area contributed by atoms with Crippen LogP contribution in [-0.2, 0) is 0 Å². The lowest BCUT2D eigenvalue weighted by Gasteiger charge is -2.02. The standard InChI is InChI=1S/C13H8BrFIN3/c14-8-4-11-12(5-9(8)15)19-13(18-11)7-3-6(16)1-2-10(7)17/h1-5H,17H2,(H,18,19). The maximum absolute atomic E-state index is 13.5. The van der Waals surface area contributed by atoms with Crippen molar-refractivity contribution in [1.29, 1.82) is 0 Å². The normalized spacial score (nSPS) is 11.1. The molecule has 0 fully saturated rings. The lowest BCUT2D eigenvalue weighted by atomic mass is 10.2. The van der Waals surface area contributed by atoms with Crippen molar-refractivity contribution in [3.63, 3.8) is 0 Å². The van der Waals surface area contributed by atoms with Gasteiger partial charge >= 0.3 is 0 Å². The number of nitrogens with two attached hydrogens (primary N) is 1. The van der Waals surface area contributed by atoms with Gasteiger partial charge in [0.05, 0.1) is 15.5 Å². The SMILES string of the molecule is Nc1ccc(I)cc1-c1nc2cc(Br)c(F)cc2[nH]1. The minimum atomic E-state index is -0.321. The van der Waals surface area contributed by atoms with Crippen LogP contribution in [0.25, 0.3) is 22.4 Å². The lowest BCUT2D eigenvalue weighted by molar-refractivity contribution is 0.623. The smallest absolute Gasteiger partial charge is 0.140 e. The predicted molar refractivity (Wildman–Crippen MR) is 86.3 cm³/mol. The van der Waals surface area contributed by atoms with Gasteiger partial charge in [0.1, 0.15) is 11.6 Å². The largest absolute Gasteiger partial charge is 0.398 e. The Morgan fingerprint density at radius 3 is 2.84 bits per heavy atom. The number of nitrogens with zero attached hydrogens (tertiary/aromatic N) is 1. The fourth-order valence-corrected chi connectivity index (χ4v) is 2.69. The summed E-state index contributed by atoms with van der Waals surface area (Å²) in [5.74, 6) is 0.321. The zero-order chi connectivity index (χ0) is 13.6. The molecule has 3 aromatic rings. The summed E-state index contributed by atoms with van der Waals surface area (Å²) in [6.45, 7) is 0. The molecule has 19 heavy (non-hydrogen) atoms. The summed E-state index contributed by atoms with van der Waals surface area (Å²) >= 11 is 5.37. The third-order valence-electron chi connectivity index (χ3n) is 2.79. The molecule has 6 heteroatoms. The Bertz CT molecular complexity index is 746. The van der Waals surface area contributed by atoms with Crippen molar-refractivity contribution >= 4 is 55.2 Å². The highest BCUT2D eigenvalue weighted by atomic mass is 127. The molecule has 0 amide bonds. The van der Waals surface area contributed by atoms with E-state index in [4.69, 9.17) is 5.73 Å². The van der Waals surface area contributed by atoms with Gasteiger partial charge in [0.25, 0.3) is 0 Å². The number of halogens is 3. The number of aromatic amines is 1. The molecular weight excluding hydrogens is 424 g/mol. The molecule has 0 bridgehead atoms. The van der Waals surface area contributed by atoms with E-state index in [1.807, 2.05) is 18.2 Å². The zero-order valence-electron chi connectivity index (χ0n) is 9.55. The van der Waals surface area contributed by atoms with E-state index < -0.39 is 0 Å². The van der Waals surface area contributed by atoms with Gasteiger partial charge in [-0.1, -0.05) is 0 Å². The first-order valence-electron chi connectivity index (χ1n) is 5.45. The number of imidazole rings is 1. The van der Waals surface area contributed by atoms with E-state index >= 15 is 0 Å². The van der Waals surface area contributed by atoms with Crippen LogP contribution in [0.1, 0.15) is 0 Å². The van der Waals surface area contributed by atoms with E-state index in [2.05, 4.69) is 48.5 Å². The number of H-pyrrole nitrogens is 1. The van der Waals surface area contributed by atoms with Crippen molar-refractivity contribution in [3.8, 4) is 11.4 Å². The fourth-order valence-electron chi connectivity index (χ4n) is 1.87. The molecule has 0 aliphatic carbocycles. The average Bonchev–Trinajstić information content (AvgIpc) is 2.75.